The van der Waals surface area contributed by atoms with Crippen molar-refractivity contribution < 1.29 is 19.1 Å². The van der Waals surface area contributed by atoms with E-state index < -0.39 is 6.04 Å². The molecule has 1 rings (SSSR count). The molecule has 0 aliphatic rings. The van der Waals surface area contributed by atoms with Crippen LogP contribution in [0.15, 0.2) is 24.3 Å². The maximum Gasteiger partial charge on any atom is 0.305 e. The number of hydrogen-bond donors (Lipinski definition) is 2. The molecule has 2 atom stereocenters. The number of amides is 2. The number of benzene rings is 1. The molecular formula is C18H25ClN2O4. The molecule has 0 heterocycles. The van der Waals surface area contributed by atoms with Crippen LogP contribution in [0, 0.1) is 5.92 Å². The Bertz CT molecular complexity index is 589. The van der Waals surface area contributed by atoms with Crippen LogP contribution < -0.4 is 10.6 Å². The summed E-state index contributed by atoms with van der Waals surface area (Å²) < 4.78 is 4.55. The Labute approximate surface area is 153 Å². The van der Waals surface area contributed by atoms with E-state index >= 15 is 0 Å². The molecular weight excluding hydrogens is 344 g/mol. The van der Waals surface area contributed by atoms with Gasteiger partial charge in [0.1, 0.15) is 6.04 Å². The van der Waals surface area contributed by atoms with Crippen molar-refractivity contribution in [1.29, 1.82) is 0 Å². The lowest BCUT2D eigenvalue weighted by Crippen LogP contribution is -2.50. The fraction of sp³-hybridized carbons (Fsp3) is 0.500. The smallest absolute Gasteiger partial charge is 0.305 e. The summed E-state index contributed by atoms with van der Waals surface area (Å²) in [6.45, 7) is 4.20. The summed E-state index contributed by atoms with van der Waals surface area (Å²) >= 11 is 5.82. The minimum Gasteiger partial charge on any atom is -0.469 e. The topological polar surface area (TPSA) is 84.5 Å². The molecule has 7 heteroatoms. The minimum atomic E-state index is -0.647. The summed E-state index contributed by atoms with van der Waals surface area (Å²) in [4.78, 5) is 35.8. The number of halogens is 1. The van der Waals surface area contributed by atoms with Crippen LogP contribution in [0.5, 0.6) is 0 Å². The van der Waals surface area contributed by atoms with Gasteiger partial charge in [0.25, 0.3) is 5.91 Å². The van der Waals surface area contributed by atoms with Crippen LogP contribution in [-0.2, 0) is 14.3 Å². The van der Waals surface area contributed by atoms with E-state index in [0.29, 0.717) is 23.6 Å². The van der Waals surface area contributed by atoms with E-state index in [4.69, 9.17) is 11.6 Å². The molecule has 25 heavy (non-hydrogen) atoms. The molecule has 0 spiro atoms. The van der Waals surface area contributed by atoms with Gasteiger partial charge < -0.3 is 15.4 Å². The maximum atomic E-state index is 12.4. The van der Waals surface area contributed by atoms with E-state index in [2.05, 4.69) is 15.4 Å². The molecule has 138 valence electrons. The Hall–Kier alpha value is -2.08. The van der Waals surface area contributed by atoms with Crippen molar-refractivity contribution in [3.63, 3.8) is 0 Å². The number of hydrogen-bond acceptors (Lipinski definition) is 4. The third-order valence-electron chi connectivity index (χ3n) is 3.97. The van der Waals surface area contributed by atoms with E-state index in [1.807, 2.05) is 13.8 Å². The SMILES string of the molecule is CCC(C)C(NC(=O)c1ccc(Cl)cc1)C(=O)NCCCC(=O)OC. The Balaban J connectivity index is 2.63. The number of esters is 1. The highest BCUT2D eigenvalue weighted by atomic mass is 35.5. The van der Waals surface area contributed by atoms with Crippen molar-refractivity contribution in [2.45, 2.75) is 39.2 Å². The predicted molar refractivity (Wildman–Crippen MR) is 96.4 cm³/mol. The van der Waals surface area contributed by atoms with Crippen molar-refractivity contribution in [3.05, 3.63) is 34.9 Å². The number of methoxy groups -OCH3 is 1. The monoisotopic (exact) mass is 368 g/mol. The molecule has 2 amide bonds. The lowest BCUT2D eigenvalue weighted by molar-refractivity contribution is -0.140. The summed E-state index contributed by atoms with van der Waals surface area (Å²) in [6.07, 6.45) is 1.46. The Morgan fingerprint density at radius 1 is 1.20 bits per heavy atom. The highest BCUT2D eigenvalue weighted by Gasteiger charge is 2.26. The average molecular weight is 369 g/mol. The van der Waals surface area contributed by atoms with E-state index in [1.165, 1.54) is 7.11 Å². The van der Waals surface area contributed by atoms with Gasteiger partial charge >= 0.3 is 5.97 Å². The fourth-order valence-electron chi connectivity index (χ4n) is 2.18. The molecule has 0 aliphatic carbocycles. The highest BCUT2D eigenvalue weighted by Crippen LogP contribution is 2.12. The van der Waals surface area contributed by atoms with Gasteiger partial charge in [-0.05, 0) is 36.6 Å². The lowest BCUT2D eigenvalue weighted by atomic mass is 9.97. The molecule has 1 aromatic rings. The van der Waals surface area contributed by atoms with Crippen LogP contribution in [0.25, 0.3) is 0 Å². The summed E-state index contributed by atoms with van der Waals surface area (Å²) in [5.74, 6) is -0.936. The van der Waals surface area contributed by atoms with Crippen molar-refractivity contribution in [2.24, 2.45) is 5.92 Å². The number of nitrogens with one attached hydrogen (secondary N) is 2. The van der Waals surface area contributed by atoms with Crippen LogP contribution in [0.2, 0.25) is 5.02 Å². The van der Waals surface area contributed by atoms with Gasteiger partial charge in [0.2, 0.25) is 5.91 Å². The molecule has 0 fully saturated rings. The summed E-state index contributed by atoms with van der Waals surface area (Å²) in [5, 5.41) is 6.08. The van der Waals surface area contributed by atoms with Crippen LogP contribution in [-0.4, -0.2) is 37.5 Å². The second-order valence-corrected chi connectivity index (χ2v) is 6.25. The molecule has 0 bridgehead atoms. The van der Waals surface area contributed by atoms with E-state index in [1.54, 1.807) is 24.3 Å². The lowest BCUT2D eigenvalue weighted by Gasteiger charge is -2.23. The Kier molecular flexibility index (Phi) is 8.99. The first kappa shape index (κ1) is 21.0. The molecule has 0 saturated heterocycles. The molecule has 0 saturated carbocycles. The first-order chi connectivity index (χ1) is 11.9. The molecule has 6 nitrogen and oxygen atoms in total. The van der Waals surface area contributed by atoms with E-state index in [-0.39, 0.29) is 30.1 Å². The summed E-state index contributed by atoms with van der Waals surface area (Å²) in [5.41, 5.74) is 0.441. The van der Waals surface area contributed by atoms with Gasteiger partial charge in [-0.3, -0.25) is 14.4 Å². The quantitative estimate of drug-likeness (QED) is 0.518. The average Bonchev–Trinajstić information content (AvgIpc) is 2.62. The van der Waals surface area contributed by atoms with Gasteiger partial charge in [-0.1, -0.05) is 31.9 Å². The number of ether oxygens (including phenoxy) is 1. The van der Waals surface area contributed by atoms with Crippen LogP contribution >= 0.6 is 11.6 Å². The largest absolute Gasteiger partial charge is 0.469 e. The third kappa shape index (κ3) is 7.13. The van der Waals surface area contributed by atoms with Gasteiger partial charge in [-0.2, -0.15) is 0 Å². The Morgan fingerprint density at radius 2 is 1.84 bits per heavy atom. The molecule has 0 radical (unpaired) electrons. The fourth-order valence-corrected chi connectivity index (χ4v) is 2.31. The molecule has 0 aliphatic heterocycles. The van der Waals surface area contributed by atoms with Gasteiger partial charge in [0.15, 0.2) is 0 Å². The zero-order valence-electron chi connectivity index (χ0n) is 14.8. The van der Waals surface area contributed by atoms with Crippen molar-refractivity contribution in [3.8, 4) is 0 Å². The van der Waals surface area contributed by atoms with Gasteiger partial charge in [0, 0.05) is 23.6 Å². The summed E-state index contributed by atoms with van der Waals surface area (Å²) in [6, 6.07) is 5.83. The number of rotatable bonds is 9. The second kappa shape index (κ2) is 10.7. The van der Waals surface area contributed by atoms with Crippen LogP contribution in [0.4, 0.5) is 0 Å². The summed E-state index contributed by atoms with van der Waals surface area (Å²) in [7, 11) is 1.33. The third-order valence-corrected chi connectivity index (χ3v) is 4.23. The van der Waals surface area contributed by atoms with Crippen molar-refractivity contribution >= 4 is 29.4 Å². The standard InChI is InChI=1S/C18H25ClN2O4/c1-4-12(2)16(18(24)20-11-5-6-15(22)25-3)21-17(23)13-7-9-14(19)10-8-13/h7-10,12,16H,4-6,11H2,1-3H3,(H,20,24)(H,21,23). The first-order valence-electron chi connectivity index (χ1n) is 8.30. The van der Waals surface area contributed by atoms with E-state index in [0.717, 1.165) is 6.42 Å². The number of carbonyl (C=O) groups excluding carboxylic acids is 3. The van der Waals surface area contributed by atoms with Gasteiger partial charge in [0.05, 0.1) is 7.11 Å². The van der Waals surface area contributed by atoms with E-state index in [9.17, 15) is 14.4 Å². The molecule has 1 aromatic carbocycles. The maximum absolute atomic E-state index is 12.4. The van der Waals surface area contributed by atoms with Crippen LogP contribution in [0.1, 0.15) is 43.5 Å². The van der Waals surface area contributed by atoms with Gasteiger partial charge in [-0.25, -0.2) is 0 Å². The normalized spacial score (nSPS) is 12.8. The number of carbonyl (C=O) groups is 3. The molecule has 0 aromatic heterocycles. The first-order valence-corrected chi connectivity index (χ1v) is 8.67. The molecule has 2 unspecified atom stereocenters. The van der Waals surface area contributed by atoms with Crippen molar-refractivity contribution in [2.75, 3.05) is 13.7 Å². The predicted octanol–water partition coefficient (Wildman–Crippen LogP) is 2.55. The molecule has 2 N–H and O–H groups in total. The highest BCUT2D eigenvalue weighted by molar-refractivity contribution is 6.30. The zero-order chi connectivity index (χ0) is 18.8. The van der Waals surface area contributed by atoms with Gasteiger partial charge in [-0.15, -0.1) is 0 Å². The van der Waals surface area contributed by atoms with Crippen molar-refractivity contribution in [1.82, 2.24) is 10.6 Å². The Morgan fingerprint density at radius 3 is 2.40 bits per heavy atom. The second-order valence-electron chi connectivity index (χ2n) is 5.81. The minimum absolute atomic E-state index is 0.0307. The van der Waals surface area contributed by atoms with Crippen LogP contribution in [0.3, 0.4) is 0 Å². The zero-order valence-corrected chi connectivity index (χ0v) is 15.6.